The molecule has 0 aliphatic carbocycles. The third-order valence-electron chi connectivity index (χ3n) is 0.913. The van der Waals surface area contributed by atoms with Crippen LogP contribution in [0.1, 0.15) is 0 Å². The molecule has 0 N–H and O–H groups in total. The summed E-state index contributed by atoms with van der Waals surface area (Å²) in [5.74, 6) is 0.161. The van der Waals surface area contributed by atoms with Gasteiger partial charge in [0.1, 0.15) is 5.75 Å². The summed E-state index contributed by atoms with van der Waals surface area (Å²) in [5, 5.41) is 0. The van der Waals surface area contributed by atoms with Crippen molar-refractivity contribution in [3.05, 3.63) is 30.3 Å². The van der Waals surface area contributed by atoms with Crippen molar-refractivity contribution >= 4 is 0 Å². The molecule has 3 heteroatoms. The van der Waals surface area contributed by atoms with Crippen molar-refractivity contribution < 1.29 is 13.5 Å². The smallest absolute Gasteiger partial charge is 0.387 e. The highest BCUT2D eigenvalue weighted by molar-refractivity contribution is 5.20. The molecule has 1 nitrogen and oxygen atoms in total. The van der Waals surface area contributed by atoms with Gasteiger partial charge in [0.15, 0.2) is 0 Å². The van der Waals surface area contributed by atoms with Crippen molar-refractivity contribution in [3.63, 3.8) is 0 Å². The van der Waals surface area contributed by atoms with Gasteiger partial charge in [-0.3, -0.25) is 0 Å². The molecule has 1 aromatic rings. The lowest BCUT2D eigenvalue weighted by molar-refractivity contribution is -0.0498. The van der Waals surface area contributed by atoms with Gasteiger partial charge in [0.25, 0.3) is 0 Å². The second-order valence-corrected chi connectivity index (χ2v) is 1.61. The lowest BCUT2D eigenvalue weighted by Gasteiger charge is -2.01. The topological polar surface area (TPSA) is 9.23 Å². The molecule has 1 radical (unpaired) electrons. The monoisotopic (exact) mass is 143 g/mol. The van der Waals surface area contributed by atoms with Crippen LogP contribution in [0.4, 0.5) is 8.78 Å². The van der Waals surface area contributed by atoms with Crippen LogP contribution in [0, 0.1) is 6.07 Å². The van der Waals surface area contributed by atoms with Crippen molar-refractivity contribution in [3.8, 4) is 5.75 Å². The van der Waals surface area contributed by atoms with E-state index in [4.69, 9.17) is 0 Å². The van der Waals surface area contributed by atoms with Crippen LogP contribution in [0.3, 0.4) is 0 Å². The molecule has 0 fully saturated rings. The molecule has 1 rings (SSSR count). The molecule has 0 saturated carbocycles. The molecule has 10 heavy (non-hydrogen) atoms. The van der Waals surface area contributed by atoms with E-state index in [2.05, 4.69) is 10.8 Å². The van der Waals surface area contributed by atoms with Gasteiger partial charge in [-0.2, -0.15) is 8.78 Å². The molecule has 0 aromatic heterocycles. The van der Waals surface area contributed by atoms with Crippen LogP contribution >= 0.6 is 0 Å². The molecule has 0 amide bonds. The zero-order valence-electron chi connectivity index (χ0n) is 5.05. The number of ether oxygens (including phenoxy) is 1. The summed E-state index contributed by atoms with van der Waals surface area (Å²) in [7, 11) is 0. The Morgan fingerprint density at radius 1 is 1.30 bits per heavy atom. The van der Waals surface area contributed by atoms with Crippen LogP contribution in [0.5, 0.6) is 5.75 Å². The molecule has 0 bridgehead atoms. The molecule has 0 heterocycles. The van der Waals surface area contributed by atoms with E-state index in [0.717, 1.165) is 0 Å². The van der Waals surface area contributed by atoms with Crippen LogP contribution in [0.15, 0.2) is 24.3 Å². The highest BCUT2D eigenvalue weighted by Gasteiger charge is 2.01. The summed E-state index contributed by atoms with van der Waals surface area (Å²) in [6.07, 6.45) is 0. The van der Waals surface area contributed by atoms with Crippen molar-refractivity contribution in [1.82, 2.24) is 0 Å². The van der Waals surface area contributed by atoms with Crippen LogP contribution in [-0.2, 0) is 0 Å². The fraction of sp³-hybridized carbons (Fsp3) is 0.143. The lowest BCUT2D eigenvalue weighted by atomic mass is 10.3. The van der Waals surface area contributed by atoms with Gasteiger partial charge in [-0.1, -0.05) is 12.1 Å². The van der Waals surface area contributed by atoms with Crippen LogP contribution in [0.2, 0.25) is 0 Å². The molecule has 53 valence electrons. The Morgan fingerprint density at radius 3 is 2.40 bits per heavy atom. The first-order chi connectivity index (χ1) is 4.79. The number of rotatable bonds is 2. The van der Waals surface area contributed by atoms with E-state index >= 15 is 0 Å². The predicted octanol–water partition coefficient (Wildman–Crippen LogP) is 2.09. The normalized spacial score (nSPS) is 9.90. The molecule has 0 unspecified atom stereocenters. The van der Waals surface area contributed by atoms with Gasteiger partial charge < -0.3 is 4.74 Å². The summed E-state index contributed by atoms with van der Waals surface area (Å²) in [6.45, 7) is -2.75. The van der Waals surface area contributed by atoms with E-state index in [1.54, 1.807) is 0 Å². The summed E-state index contributed by atoms with van der Waals surface area (Å²) >= 11 is 0. The number of halogens is 2. The van der Waals surface area contributed by atoms with E-state index < -0.39 is 6.61 Å². The number of hydrogen-bond donors (Lipinski definition) is 0. The quantitative estimate of drug-likeness (QED) is 0.615. The summed E-state index contributed by atoms with van der Waals surface area (Å²) in [6, 6.07) is 8.55. The fourth-order valence-corrected chi connectivity index (χ4v) is 0.553. The predicted molar refractivity (Wildman–Crippen MR) is 31.9 cm³/mol. The third kappa shape index (κ3) is 2.01. The Bertz CT molecular complexity index is 186. The van der Waals surface area contributed by atoms with Gasteiger partial charge in [-0.05, 0) is 18.2 Å². The Labute approximate surface area is 57.2 Å². The number of hydrogen-bond acceptors (Lipinski definition) is 1. The standard InChI is InChI=1S/C7H5F2O/c8-7(9)10-6-4-2-1-3-5-6/h2-5,7H. The maximum absolute atomic E-state index is 11.5. The van der Waals surface area contributed by atoms with Crippen molar-refractivity contribution in [1.29, 1.82) is 0 Å². The van der Waals surface area contributed by atoms with Gasteiger partial charge in [0, 0.05) is 0 Å². The molecule has 0 aliphatic rings. The van der Waals surface area contributed by atoms with Crippen molar-refractivity contribution in [2.45, 2.75) is 6.61 Å². The van der Waals surface area contributed by atoms with Crippen molar-refractivity contribution in [2.75, 3.05) is 0 Å². The Hall–Kier alpha value is -1.12. The Morgan fingerprint density at radius 2 is 1.90 bits per heavy atom. The molecule has 0 aliphatic heterocycles. The van der Waals surface area contributed by atoms with E-state index in [9.17, 15) is 8.78 Å². The van der Waals surface area contributed by atoms with Crippen LogP contribution in [-0.4, -0.2) is 6.61 Å². The van der Waals surface area contributed by atoms with Crippen LogP contribution < -0.4 is 4.74 Å². The minimum absolute atomic E-state index is 0.161. The molecular weight excluding hydrogens is 138 g/mol. The Balaban J connectivity index is 2.59. The Kier molecular flexibility index (Phi) is 2.20. The van der Waals surface area contributed by atoms with Gasteiger partial charge in [0.2, 0.25) is 0 Å². The van der Waals surface area contributed by atoms with E-state index in [1.807, 2.05) is 0 Å². The van der Waals surface area contributed by atoms with Gasteiger partial charge in [-0.25, -0.2) is 0 Å². The lowest BCUT2D eigenvalue weighted by Crippen LogP contribution is -2.00. The minimum Gasteiger partial charge on any atom is -0.435 e. The number of alkyl halides is 2. The zero-order chi connectivity index (χ0) is 7.40. The first-order valence-electron chi connectivity index (χ1n) is 2.70. The molecule has 1 aromatic carbocycles. The highest BCUT2D eigenvalue weighted by atomic mass is 19.3. The van der Waals surface area contributed by atoms with Crippen LogP contribution in [0.25, 0.3) is 0 Å². The van der Waals surface area contributed by atoms with Gasteiger partial charge in [-0.15, -0.1) is 0 Å². The summed E-state index contributed by atoms with van der Waals surface area (Å²) in [5.41, 5.74) is 0. The molecule has 0 saturated heterocycles. The average molecular weight is 143 g/mol. The fourth-order valence-electron chi connectivity index (χ4n) is 0.553. The first-order valence-corrected chi connectivity index (χ1v) is 2.70. The SMILES string of the molecule is FC(F)Oc1cc[c]cc1. The first kappa shape index (κ1) is 6.99. The minimum atomic E-state index is -2.75. The summed E-state index contributed by atoms with van der Waals surface area (Å²) in [4.78, 5) is 0. The van der Waals surface area contributed by atoms with E-state index in [0.29, 0.717) is 0 Å². The number of benzene rings is 1. The molecule has 0 spiro atoms. The van der Waals surface area contributed by atoms with E-state index in [1.165, 1.54) is 24.3 Å². The zero-order valence-corrected chi connectivity index (χ0v) is 5.05. The molecular formula is C7H5F2O. The van der Waals surface area contributed by atoms with Gasteiger partial charge >= 0.3 is 6.61 Å². The molecule has 0 atom stereocenters. The van der Waals surface area contributed by atoms with Gasteiger partial charge in [0.05, 0.1) is 0 Å². The second kappa shape index (κ2) is 3.15. The maximum atomic E-state index is 11.5. The average Bonchev–Trinajstić information content (AvgIpc) is 1.88. The van der Waals surface area contributed by atoms with E-state index in [-0.39, 0.29) is 5.75 Å². The third-order valence-corrected chi connectivity index (χ3v) is 0.913. The van der Waals surface area contributed by atoms with Crippen molar-refractivity contribution in [2.24, 2.45) is 0 Å². The maximum Gasteiger partial charge on any atom is 0.387 e. The summed E-state index contributed by atoms with van der Waals surface area (Å²) < 4.78 is 27.0. The second-order valence-electron chi connectivity index (χ2n) is 1.61. The highest BCUT2D eigenvalue weighted by Crippen LogP contribution is 2.10. The largest absolute Gasteiger partial charge is 0.435 e.